The van der Waals surface area contributed by atoms with Crippen LogP contribution >= 0.6 is 0 Å². The van der Waals surface area contributed by atoms with Gasteiger partial charge < -0.3 is 9.88 Å². The fraction of sp³-hybridized carbons (Fsp3) is 0.318. The van der Waals surface area contributed by atoms with E-state index in [1.807, 2.05) is 33.2 Å². The van der Waals surface area contributed by atoms with Gasteiger partial charge in [-0.05, 0) is 69.6 Å². The maximum atomic E-state index is 13.4. The smallest absolute Gasteiger partial charge is 0.222 e. The Morgan fingerprint density at radius 3 is 2.54 bits per heavy atom. The van der Waals surface area contributed by atoms with E-state index >= 15 is 0 Å². The molecule has 0 bridgehead atoms. The van der Waals surface area contributed by atoms with Crippen LogP contribution in [0.4, 0.5) is 0 Å². The SMILES string of the molecule is Cc1ccc(S(=O)(=O)c2[nH]c3ccc(C#N)cc3c2C2C[C@@H]2CN(C)C)cc1. The molecule has 1 aliphatic carbocycles. The van der Waals surface area contributed by atoms with Gasteiger partial charge >= 0.3 is 0 Å². The molecule has 2 aromatic carbocycles. The van der Waals surface area contributed by atoms with Gasteiger partial charge in [0, 0.05) is 23.0 Å². The number of nitrogens with zero attached hydrogens (tertiary/aromatic N) is 2. The lowest BCUT2D eigenvalue weighted by molar-refractivity contribution is 0.385. The minimum atomic E-state index is -3.68. The number of aromatic amines is 1. The molecule has 4 rings (SSSR count). The molecule has 1 heterocycles. The zero-order valence-electron chi connectivity index (χ0n) is 16.2. The van der Waals surface area contributed by atoms with Crippen molar-refractivity contribution in [3.8, 4) is 6.07 Å². The quantitative estimate of drug-likeness (QED) is 0.714. The monoisotopic (exact) mass is 393 g/mol. The Morgan fingerprint density at radius 1 is 1.18 bits per heavy atom. The first-order valence-corrected chi connectivity index (χ1v) is 10.8. The van der Waals surface area contributed by atoms with Crippen LogP contribution in [0.3, 0.4) is 0 Å². The first kappa shape index (κ1) is 18.7. The number of sulfone groups is 1. The van der Waals surface area contributed by atoms with Gasteiger partial charge in [0.15, 0.2) is 0 Å². The second-order valence-corrected chi connectivity index (χ2v) is 9.81. The van der Waals surface area contributed by atoms with Crippen molar-refractivity contribution in [2.75, 3.05) is 20.6 Å². The van der Waals surface area contributed by atoms with Gasteiger partial charge in [-0.1, -0.05) is 17.7 Å². The first-order chi connectivity index (χ1) is 13.3. The molecule has 1 unspecified atom stereocenters. The molecule has 0 spiro atoms. The van der Waals surface area contributed by atoms with Crippen LogP contribution in [0, 0.1) is 24.2 Å². The van der Waals surface area contributed by atoms with Crippen LogP contribution in [0.1, 0.15) is 29.0 Å². The van der Waals surface area contributed by atoms with Gasteiger partial charge in [0.05, 0.1) is 16.5 Å². The third-order valence-electron chi connectivity index (χ3n) is 5.42. The Bertz CT molecular complexity index is 1180. The second kappa shape index (κ2) is 6.77. The molecule has 144 valence electrons. The number of rotatable bonds is 5. The number of fused-ring (bicyclic) bond motifs is 1. The van der Waals surface area contributed by atoms with Crippen molar-refractivity contribution < 1.29 is 8.42 Å². The number of aryl methyl sites for hydroxylation is 1. The van der Waals surface area contributed by atoms with Crippen LogP contribution in [0.25, 0.3) is 10.9 Å². The maximum absolute atomic E-state index is 13.4. The van der Waals surface area contributed by atoms with Gasteiger partial charge in [-0.15, -0.1) is 0 Å². The van der Waals surface area contributed by atoms with Crippen LogP contribution in [0.5, 0.6) is 0 Å². The summed E-state index contributed by atoms with van der Waals surface area (Å²) >= 11 is 0. The van der Waals surface area contributed by atoms with Crippen molar-refractivity contribution in [3.63, 3.8) is 0 Å². The molecule has 1 aliphatic rings. The Morgan fingerprint density at radius 2 is 1.89 bits per heavy atom. The molecule has 6 heteroatoms. The van der Waals surface area contributed by atoms with E-state index in [2.05, 4.69) is 16.0 Å². The van der Waals surface area contributed by atoms with E-state index in [0.717, 1.165) is 35.0 Å². The standard InChI is InChI=1S/C22H23N3O2S/c1-14-4-7-17(8-5-14)28(26,27)22-21(18-11-16(18)13-25(2)3)19-10-15(12-23)6-9-20(19)24-22/h4-10,16,18,24H,11,13H2,1-3H3/t16-,18?/m1/s1. The summed E-state index contributed by atoms with van der Waals surface area (Å²) in [6, 6.07) is 14.4. The fourth-order valence-electron chi connectivity index (χ4n) is 3.94. The average Bonchev–Trinajstić information content (AvgIpc) is 3.28. The first-order valence-electron chi connectivity index (χ1n) is 9.33. The molecule has 0 aliphatic heterocycles. The lowest BCUT2D eigenvalue weighted by Crippen LogP contribution is -2.15. The minimum absolute atomic E-state index is 0.181. The van der Waals surface area contributed by atoms with Gasteiger partial charge in [0.2, 0.25) is 9.84 Å². The van der Waals surface area contributed by atoms with Gasteiger partial charge in [-0.3, -0.25) is 0 Å². The third kappa shape index (κ3) is 3.21. The Balaban J connectivity index is 1.89. The molecule has 1 saturated carbocycles. The molecule has 28 heavy (non-hydrogen) atoms. The van der Waals surface area contributed by atoms with Crippen molar-refractivity contribution in [2.45, 2.75) is 29.2 Å². The fourth-order valence-corrected chi connectivity index (χ4v) is 5.47. The van der Waals surface area contributed by atoms with E-state index in [1.54, 1.807) is 30.3 Å². The molecular formula is C22H23N3O2S. The molecule has 1 fully saturated rings. The molecule has 1 aromatic heterocycles. The summed E-state index contributed by atoms with van der Waals surface area (Å²) in [4.78, 5) is 5.57. The van der Waals surface area contributed by atoms with Gasteiger partial charge in [-0.2, -0.15) is 5.26 Å². The number of H-pyrrole nitrogens is 1. The normalized spacial score (nSPS) is 19.1. The Labute approximate surface area is 165 Å². The topological polar surface area (TPSA) is 77.0 Å². The largest absolute Gasteiger partial charge is 0.345 e. The van der Waals surface area contributed by atoms with Crippen LogP contribution in [-0.2, 0) is 9.84 Å². The van der Waals surface area contributed by atoms with E-state index in [0.29, 0.717) is 11.5 Å². The third-order valence-corrected chi connectivity index (χ3v) is 7.18. The number of nitrogens with one attached hydrogen (secondary N) is 1. The highest BCUT2D eigenvalue weighted by Gasteiger charge is 2.43. The van der Waals surface area contributed by atoms with Crippen LogP contribution in [0.15, 0.2) is 52.4 Å². The summed E-state index contributed by atoms with van der Waals surface area (Å²) in [5.41, 5.74) is 3.15. The summed E-state index contributed by atoms with van der Waals surface area (Å²) in [6.07, 6.45) is 0.957. The Hall–Kier alpha value is -2.62. The summed E-state index contributed by atoms with van der Waals surface area (Å²) in [5, 5.41) is 10.4. The predicted octanol–water partition coefficient (Wildman–Crippen LogP) is 3.85. The van der Waals surface area contributed by atoms with E-state index < -0.39 is 9.84 Å². The molecule has 0 amide bonds. The molecule has 2 atom stereocenters. The molecule has 3 aromatic rings. The number of nitriles is 1. The van der Waals surface area contributed by atoms with E-state index in [1.165, 1.54) is 0 Å². The molecule has 0 radical (unpaired) electrons. The lowest BCUT2D eigenvalue weighted by atomic mass is 10.1. The second-order valence-electron chi connectivity index (χ2n) is 7.92. The highest BCUT2D eigenvalue weighted by atomic mass is 32.2. The van der Waals surface area contributed by atoms with E-state index in [9.17, 15) is 13.7 Å². The van der Waals surface area contributed by atoms with Gasteiger partial charge in [0.1, 0.15) is 5.03 Å². The summed E-state index contributed by atoms with van der Waals surface area (Å²) < 4.78 is 26.9. The lowest BCUT2D eigenvalue weighted by Gasteiger charge is -2.10. The maximum Gasteiger partial charge on any atom is 0.222 e. The predicted molar refractivity (Wildman–Crippen MR) is 109 cm³/mol. The minimum Gasteiger partial charge on any atom is -0.345 e. The van der Waals surface area contributed by atoms with Crippen molar-refractivity contribution in [2.24, 2.45) is 5.92 Å². The molecule has 5 nitrogen and oxygen atoms in total. The summed E-state index contributed by atoms with van der Waals surface area (Å²) in [6.45, 7) is 2.85. The van der Waals surface area contributed by atoms with E-state index in [-0.39, 0.29) is 15.8 Å². The highest BCUT2D eigenvalue weighted by molar-refractivity contribution is 7.91. The number of hydrogen-bond donors (Lipinski definition) is 1. The summed E-state index contributed by atoms with van der Waals surface area (Å²) in [5.74, 6) is 0.604. The van der Waals surface area contributed by atoms with Crippen molar-refractivity contribution >= 4 is 20.7 Å². The van der Waals surface area contributed by atoms with Crippen molar-refractivity contribution in [3.05, 3.63) is 59.2 Å². The van der Waals surface area contributed by atoms with Crippen LogP contribution in [-0.4, -0.2) is 38.9 Å². The van der Waals surface area contributed by atoms with Gasteiger partial charge in [-0.25, -0.2) is 8.42 Å². The molecular weight excluding hydrogens is 370 g/mol. The van der Waals surface area contributed by atoms with Crippen LogP contribution in [0.2, 0.25) is 0 Å². The van der Waals surface area contributed by atoms with Crippen molar-refractivity contribution in [1.82, 2.24) is 9.88 Å². The number of benzene rings is 2. The zero-order valence-corrected chi connectivity index (χ0v) is 17.0. The highest BCUT2D eigenvalue weighted by Crippen LogP contribution is 2.52. The molecule has 0 saturated heterocycles. The summed E-state index contributed by atoms with van der Waals surface area (Å²) in [7, 11) is 0.383. The average molecular weight is 394 g/mol. The van der Waals surface area contributed by atoms with Gasteiger partial charge in [0.25, 0.3) is 0 Å². The van der Waals surface area contributed by atoms with Crippen LogP contribution < -0.4 is 0 Å². The Kier molecular flexibility index (Phi) is 4.53. The number of hydrogen-bond acceptors (Lipinski definition) is 4. The number of aromatic nitrogens is 1. The zero-order chi connectivity index (χ0) is 20.1. The van der Waals surface area contributed by atoms with E-state index in [4.69, 9.17) is 0 Å². The molecule has 1 N–H and O–H groups in total. The van der Waals surface area contributed by atoms with Crippen molar-refractivity contribution in [1.29, 1.82) is 5.26 Å².